The molecule has 3 aromatic carbocycles. The predicted molar refractivity (Wildman–Crippen MR) is 128 cm³/mol. The first-order chi connectivity index (χ1) is 15.7. The van der Waals surface area contributed by atoms with Gasteiger partial charge in [-0.3, -0.25) is 14.5 Å². The number of halogens is 3. The van der Waals surface area contributed by atoms with Crippen LogP contribution in [0.3, 0.4) is 0 Å². The van der Waals surface area contributed by atoms with Crippen molar-refractivity contribution in [3.05, 3.63) is 98.2 Å². The Morgan fingerprint density at radius 2 is 1.85 bits per heavy atom. The van der Waals surface area contributed by atoms with Crippen LogP contribution in [0.25, 0.3) is 5.76 Å². The summed E-state index contributed by atoms with van der Waals surface area (Å²) in [6.07, 6.45) is 0. The van der Waals surface area contributed by atoms with Crippen LogP contribution in [0.1, 0.15) is 22.7 Å². The number of benzene rings is 3. The topological polar surface area (TPSA) is 66.8 Å². The number of Topliss-reactive ketones (excluding diaryl/α,β-unsaturated/α-hetero) is 1. The van der Waals surface area contributed by atoms with Gasteiger partial charge in [-0.1, -0.05) is 51.8 Å². The Hall–Kier alpha value is -3.16. The third kappa shape index (κ3) is 4.03. The minimum Gasteiger partial charge on any atom is -0.507 e. The zero-order valence-electron chi connectivity index (χ0n) is 17.6. The summed E-state index contributed by atoms with van der Waals surface area (Å²) in [5.74, 6) is -2.30. The molecule has 0 spiro atoms. The van der Waals surface area contributed by atoms with Crippen molar-refractivity contribution < 1.29 is 23.8 Å². The molecule has 0 aliphatic carbocycles. The Morgan fingerprint density at radius 3 is 2.52 bits per heavy atom. The highest BCUT2D eigenvalue weighted by Gasteiger charge is 2.48. The van der Waals surface area contributed by atoms with Crippen LogP contribution in [0.2, 0.25) is 5.02 Å². The standard InChI is InChI=1S/C25H18BrClFNO4/c1-13-11-14(7-9-17(13)26)23(30)21-22(16-5-3-4-6-20(16)33-2)29(25(32)24(21)31)15-8-10-19(28)18(27)12-15/h3-12,22,30H,1-2H3/b23-21+. The fourth-order valence-electron chi connectivity index (χ4n) is 3.87. The minimum absolute atomic E-state index is 0.105. The Balaban J connectivity index is 2.00. The molecule has 168 valence electrons. The van der Waals surface area contributed by atoms with Gasteiger partial charge in [-0.15, -0.1) is 0 Å². The van der Waals surface area contributed by atoms with Crippen molar-refractivity contribution in [3.8, 4) is 5.75 Å². The molecule has 0 saturated carbocycles. The molecule has 1 saturated heterocycles. The number of hydrogen-bond donors (Lipinski definition) is 1. The van der Waals surface area contributed by atoms with Gasteiger partial charge in [0, 0.05) is 21.3 Å². The first-order valence-corrected chi connectivity index (χ1v) is 11.1. The molecule has 5 nitrogen and oxygen atoms in total. The lowest BCUT2D eigenvalue weighted by atomic mass is 9.94. The van der Waals surface area contributed by atoms with Crippen LogP contribution in [0, 0.1) is 12.7 Å². The van der Waals surface area contributed by atoms with Crippen LogP contribution >= 0.6 is 27.5 Å². The molecule has 0 bridgehead atoms. The molecule has 33 heavy (non-hydrogen) atoms. The molecule has 8 heteroatoms. The average Bonchev–Trinajstić information content (AvgIpc) is 3.07. The summed E-state index contributed by atoms with van der Waals surface area (Å²) in [5.41, 5.74) is 1.81. The summed E-state index contributed by atoms with van der Waals surface area (Å²) in [5, 5.41) is 11.0. The van der Waals surface area contributed by atoms with E-state index >= 15 is 0 Å². The van der Waals surface area contributed by atoms with Crippen molar-refractivity contribution in [1.82, 2.24) is 0 Å². The van der Waals surface area contributed by atoms with Crippen LogP contribution in [0.4, 0.5) is 10.1 Å². The molecule has 0 radical (unpaired) electrons. The van der Waals surface area contributed by atoms with Gasteiger partial charge >= 0.3 is 0 Å². The van der Waals surface area contributed by atoms with Crippen molar-refractivity contribution in [2.24, 2.45) is 0 Å². The fourth-order valence-corrected chi connectivity index (χ4v) is 4.29. The molecule has 1 fully saturated rings. The van der Waals surface area contributed by atoms with Crippen LogP contribution in [0.5, 0.6) is 5.75 Å². The quantitative estimate of drug-likeness (QED) is 0.248. The van der Waals surface area contributed by atoms with E-state index in [1.54, 1.807) is 42.5 Å². The van der Waals surface area contributed by atoms with E-state index in [1.807, 2.05) is 6.92 Å². The number of carbonyl (C=O) groups excluding carboxylic acids is 2. The summed E-state index contributed by atoms with van der Waals surface area (Å²) in [6.45, 7) is 1.84. The number of ketones is 1. The number of aliphatic hydroxyl groups is 1. The van der Waals surface area contributed by atoms with Crippen LogP contribution in [-0.4, -0.2) is 23.9 Å². The number of aliphatic hydroxyl groups excluding tert-OH is 1. The summed E-state index contributed by atoms with van der Waals surface area (Å²) in [4.78, 5) is 27.6. The van der Waals surface area contributed by atoms with E-state index in [4.69, 9.17) is 16.3 Å². The molecule has 1 N–H and O–H groups in total. The predicted octanol–water partition coefficient (Wildman–Crippen LogP) is 6.18. The van der Waals surface area contributed by atoms with E-state index in [2.05, 4.69) is 15.9 Å². The molecule has 0 aromatic heterocycles. The molecule has 1 atom stereocenters. The molecule has 1 amide bonds. The number of para-hydroxylation sites is 1. The molecule has 4 rings (SSSR count). The minimum atomic E-state index is -1.02. The van der Waals surface area contributed by atoms with Crippen LogP contribution in [0.15, 0.2) is 70.7 Å². The van der Waals surface area contributed by atoms with E-state index < -0.39 is 23.5 Å². The number of hydrogen-bond acceptors (Lipinski definition) is 4. The van der Waals surface area contributed by atoms with Gasteiger partial charge < -0.3 is 9.84 Å². The fraction of sp³-hybridized carbons (Fsp3) is 0.120. The third-order valence-corrected chi connectivity index (χ3v) is 6.67. The van der Waals surface area contributed by atoms with Gasteiger partial charge in [-0.25, -0.2) is 4.39 Å². The zero-order valence-corrected chi connectivity index (χ0v) is 19.9. The van der Waals surface area contributed by atoms with Crippen molar-refractivity contribution >= 4 is 50.7 Å². The van der Waals surface area contributed by atoms with Gasteiger partial charge in [0.2, 0.25) is 0 Å². The molecular formula is C25H18BrClFNO4. The molecule has 3 aromatic rings. The second-order valence-electron chi connectivity index (χ2n) is 7.47. The lowest BCUT2D eigenvalue weighted by molar-refractivity contribution is -0.132. The van der Waals surface area contributed by atoms with Crippen molar-refractivity contribution in [1.29, 1.82) is 0 Å². The molecule has 1 unspecified atom stereocenters. The highest BCUT2D eigenvalue weighted by atomic mass is 79.9. The highest BCUT2D eigenvalue weighted by Crippen LogP contribution is 2.45. The number of aryl methyl sites for hydroxylation is 1. The monoisotopic (exact) mass is 529 g/mol. The maximum atomic E-state index is 13.8. The van der Waals surface area contributed by atoms with Crippen molar-refractivity contribution in [2.75, 3.05) is 12.0 Å². The number of methoxy groups -OCH3 is 1. The smallest absolute Gasteiger partial charge is 0.300 e. The van der Waals surface area contributed by atoms with Gasteiger partial charge in [-0.05, 0) is 48.9 Å². The number of ether oxygens (including phenoxy) is 1. The molecular weight excluding hydrogens is 513 g/mol. The van der Waals surface area contributed by atoms with Gasteiger partial charge in [-0.2, -0.15) is 0 Å². The number of carbonyl (C=O) groups is 2. The normalized spacial score (nSPS) is 17.5. The largest absolute Gasteiger partial charge is 0.507 e. The Bertz CT molecular complexity index is 1320. The van der Waals surface area contributed by atoms with E-state index in [0.29, 0.717) is 16.9 Å². The first-order valence-electron chi connectivity index (χ1n) is 9.90. The van der Waals surface area contributed by atoms with E-state index in [9.17, 15) is 19.1 Å². The summed E-state index contributed by atoms with van der Waals surface area (Å²) < 4.78 is 20.1. The third-order valence-electron chi connectivity index (χ3n) is 5.49. The number of nitrogens with zero attached hydrogens (tertiary/aromatic N) is 1. The van der Waals surface area contributed by atoms with Gasteiger partial charge in [0.15, 0.2) is 0 Å². The molecule has 1 heterocycles. The number of rotatable bonds is 4. The maximum absolute atomic E-state index is 13.8. The van der Waals surface area contributed by atoms with Crippen molar-refractivity contribution in [3.63, 3.8) is 0 Å². The van der Waals surface area contributed by atoms with Gasteiger partial charge in [0.25, 0.3) is 11.7 Å². The first kappa shape index (κ1) is 23.0. The Morgan fingerprint density at radius 1 is 1.12 bits per heavy atom. The Labute approximate surface area is 203 Å². The molecule has 1 aliphatic rings. The van der Waals surface area contributed by atoms with Crippen LogP contribution < -0.4 is 9.64 Å². The average molecular weight is 531 g/mol. The summed E-state index contributed by atoms with van der Waals surface area (Å²) in [7, 11) is 1.47. The van der Waals surface area contributed by atoms with Gasteiger partial charge in [0.05, 0.1) is 23.7 Å². The lowest BCUT2D eigenvalue weighted by Gasteiger charge is -2.26. The van der Waals surface area contributed by atoms with Crippen molar-refractivity contribution in [2.45, 2.75) is 13.0 Å². The lowest BCUT2D eigenvalue weighted by Crippen LogP contribution is -2.29. The second-order valence-corrected chi connectivity index (χ2v) is 8.73. The zero-order chi connectivity index (χ0) is 23.9. The van der Waals surface area contributed by atoms with Gasteiger partial charge in [0.1, 0.15) is 17.3 Å². The SMILES string of the molecule is COc1ccccc1C1/C(=C(\O)c2ccc(Br)c(C)c2)C(=O)C(=O)N1c1ccc(F)c(Cl)c1. The number of anilines is 1. The van der Waals surface area contributed by atoms with E-state index in [1.165, 1.54) is 24.1 Å². The Kier molecular flexibility index (Phi) is 6.28. The summed E-state index contributed by atoms with van der Waals surface area (Å²) >= 11 is 9.38. The molecule has 1 aliphatic heterocycles. The summed E-state index contributed by atoms with van der Waals surface area (Å²) in [6, 6.07) is 14.7. The number of amides is 1. The maximum Gasteiger partial charge on any atom is 0.300 e. The van der Waals surface area contributed by atoms with Crippen LogP contribution in [-0.2, 0) is 9.59 Å². The second kappa shape index (κ2) is 9.00. The van der Waals surface area contributed by atoms with E-state index in [0.717, 1.165) is 16.1 Å². The van der Waals surface area contributed by atoms with E-state index in [-0.39, 0.29) is 22.0 Å². The highest BCUT2D eigenvalue weighted by molar-refractivity contribution is 9.10.